The molecule has 0 aliphatic carbocycles. The Morgan fingerprint density at radius 1 is 1.36 bits per heavy atom. The second kappa shape index (κ2) is 9.60. The summed E-state index contributed by atoms with van der Waals surface area (Å²) in [4.78, 5) is 10.7. The Morgan fingerprint density at radius 3 is 2.36 bits per heavy atom. The summed E-state index contributed by atoms with van der Waals surface area (Å²) in [5.41, 5.74) is 0. The fourth-order valence-corrected chi connectivity index (χ4v) is 6.67. The third kappa shape index (κ3) is 7.46. The first-order valence-electron chi connectivity index (χ1n) is 4.77. The second-order valence-corrected chi connectivity index (χ2v) is 10.7. The molecule has 0 rings (SSSR count). The maximum absolute atomic E-state index is 10.7. The van der Waals surface area contributed by atoms with Crippen molar-refractivity contribution in [2.75, 3.05) is 19.8 Å². The molecule has 4 nitrogen and oxygen atoms in total. The van der Waals surface area contributed by atoms with Crippen LogP contribution < -0.4 is 0 Å². The molecule has 0 N–H and O–H groups in total. The number of rotatable bonds is 8. The van der Waals surface area contributed by atoms with Crippen molar-refractivity contribution in [2.24, 2.45) is 0 Å². The van der Waals surface area contributed by atoms with Gasteiger partial charge in [-0.1, -0.05) is 0 Å². The van der Waals surface area contributed by atoms with Gasteiger partial charge in [0.05, 0.1) is 0 Å². The molecule has 0 fully saturated rings. The molecular formula is C9H17O4Tl. The summed E-state index contributed by atoms with van der Waals surface area (Å²) >= 11 is -2.41. The van der Waals surface area contributed by atoms with Gasteiger partial charge < -0.3 is 0 Å². The van der Waals surface area contributed by atoms with Crippen LogP contribution in [-0.2, 0) is 14.9 Å². The molecule has 0 amide bonds. The van der Waals surface area contributed by atoms with Gasteiger partial charge in [0.15, 0.2) is 0 Å². The van der Waals surface area contributed by atoms with Gasteiger partial charge in [0, 0.05) is 0 Å². The predicted molar refractivity (Wildman–Crippen MR) is 55.0 cm³/mol. The maximum atomic E-state index is 10.7. The van der Waals surface area contributed by atoms with Gasteiger partial charge in [-0.05, 0) is 0 Å². The van der Waals surface area contributed by atoms with Gasteiger partial charge in [0.2, 0.25) is 0 Å². The summed E-state index contributed by atoms with van der Waals surface area (Å²) < 4.78 is 16.6. The number of ether oxygens (including phenoxy) is 1. The monoisotopic (exact) mass is 394 g/mol. The number of carbonyl (C=O) groups excluding carboxylic acids is 1. The van der Waals surface area contributed by atoms with Crippen molar-refractivity contribution < 1.29 is 14.9 Å². The molecule has 0 heterocycles. The first kappa shape index (κ1) is 14.1. The van der Waals surface area contributed by atoms with Gasteiger partial charge in [0.25, 0.3) is 0 Å². The van der Waals surface area contributed by atoms with Crippen LogP contribution in [0.25, 0.3) is 0 Å². The van der Waals surface area contributed by atoms with Gasteiger partial charge in [-0.25, -0.2) is 0 Å². The molecule has 0 aliphatic rings. The molecule has 0 aromatic carbocycles. The molecule has 0 spiro atoms. The van der Waals surface area contributed by atoms with E-state index in [-0.39, 0.29) is 5.97 Å². The molecule has 14 heavy (non-hydrogen) atoms. The Labute approximate surface area is 94.7 Å². The van der Waals surface area contributed by atoms with Crippen molar-refractivity contribution in [2.45, 2.75) is 17.8 Å². The molecule has 5 heteroatoms. The van der Waals surface area contributed by atoms with Gasteiger partial charge >= 0.3 is 94.8 Å². The molecule has 0 aromatic rings. The summed E-state index contributed by atoms with van der Waals surface area (Å²) in [5.74, 6) is -0.384. The summed E-state index contributed by atoms with van der Waals surface area (Å²) in [6, 6.07) is 0. The van der Waals surface area contributed by atoms with Crippen LogP contribution in [0, 0.1) is 0 Å². The van der Waals surface area contributed by atoms with Crippen molar-refractivity contribution >= 4 is 29.6 Å². The van der Waals surface area contributed by atoms with Crippen LogP contribution >= 0.6 is 0 Å². The van der Waals surface area contributed by atoms with Crippen molar-refractivity contribution in [3.63, 3.8) is 0 Å². The van der Waals surface area contributed by atoms with E-state index in [1.165, 1.54) is 0 Å². The SMILES string of the molecule is C=CC(=O)OC[CH2][Tl]([O]CC)[O]CC. The minimum atomic E-state index is -2.41. The Bertz CT molecular complexity index is 166. The van der Waals surface area contributed by atoms with Crippen LogP contribution in [0.1, 0.15) is 13.8 Å². The fourth-order valence-electron chi connectivity index (χ4n) is 0.901. The molecular weight excluding hydrogens is 376 g/mol. The van der Waals surface area contributed by atoms with E-state index in [4.69, 9.17) is 10.1 Å². The second-order valence-electron chi connectivity index (χ2n) is 2.50. The summed E-state index contributed by atoms with van der Waals surface area (Å²) in [6.07, 6.45) is 1.16. The average molecular weight is 394 g/mol. The van der Waals surface area contributed by atoms with Crippen molar-refractivity contribution in [3.8, 4) is 0 Å². The molecule has 0 bridgehead atoms. The van der Waals surface area contributed by atoms with Crippen molar-refractivity contribution in [1.82, 2.24) is 0 Å². The molecule has 0 saturated carbocycles. The topological polar surface area (TPSA) is 44.8 Å². The Hall–Kier alpha value is 0.0521. The van der Waals surface area contributed by atoms with E-state index in [9.17, 15) is 4.79 Å². The van der Waals surface area contributed by atoms with E-state index in [0.29, 0.717) is 19.8 Å². The van der Waals surface area contributed by atoms with Crippen LogP contribution in [0.4, 0.5) is 0 Å². The molecule has 0 atom stereocenters. The summed E-state index contributed by atoms with van der Waals surface area (Å²) in [7, 11) is 0. The number of hydrogen-bond acceptors (Lipinski definition) is 4. The average Bonchev–Trinajstić information content (AvgIpc) is 2.18. The third-order valence-corrected chi connectivity index (χ3v) is 9.70. The normalized spacial score (nSPS) is 9.57. The van der Waals surface area contributed by atoms with Gasteiger partial charge in [-0.2, -0.15) is 0 Å². The first-order valence-corrected chi connectivity index (χ1v) is 11.6. The Balaban J connectivity index is 3.58. The van der Waals surface area contributed by atoms with Gasteiger partial charge in [-0.15, -0.1) is 0 Å². The van der Waals surface area contributed by atoms with E-state index < -0.39 is 23.6 Å². The Morgan fingerprint density at radius 2 is 1.93 bits per heavy atom. The van der Waals surface area contributed by atoms with Crippen LogP contribution in [0.3, 0.4) is 0 Å². The molecule has 0 unspecified atom stereocenters. The van der Waals surface area contributed by atoms with E-state index in [1.54, 1.807) is 0 Å². The molecule has 0 radical (unpaired) electrons. The molecule has 0 aromatic heterocycles. The van der Waals surface area contributed by atoms with Crippen LogP contribution in [0.5, 0.6) is 0 Å². The quantitative estimate of drug-likeness (QED) is 0.354. The van der Waals surface area contributed by atoms with Crippen LogP contribution in [-0.4, -0.2) is 49.4 Å². The molecule has 0 aliphatic heterocycles. The van der Waals surface area contributed by atoms with Gasteiger partial charge in [-0.3, -0.25) is 0 Å². The van der Waals surface area contributed by atoms with E-state index in [1.807, 2.05) is 13.8 Å². The number of carbonyl (C=O) groups is 1. The zero-order valence-electron chi connectivity index (χ0n) is 8.82. The van der Waals surface area contributed by atoms with E-state index >= 15 is 0 Å². The number of hydrogen-bond donors (Lipinski definition) is 0. The first-order chi connectivity index (χ1) is 6.74. The standard InChI is InChI=1S/C5H7O2.2C2H5O.Tl/c1-3-5(6)7-4-2;2*1-2-3;/h3H,1-2,4H2;2*2H2,1H3;/q;2*-1;+2. The number of esters is 1. The third-order valence-electron chi connectivity index (χ3n) is 1.47. The predicted octanol–water partition coefficient (Wildman–Crippen LogP) is 1.28. The zero-order chi connectivity index (χ0) is 10.8. The van der Waals surface area contributed by atoms with Crippen molar-refractivity contribution in [1.29, 1.82) is 0 Å². The zero-order valence-corrected chi connectivity index (χ0v) is 13.3. The van der Waals surface area contributed by atoms with E-state index in [2.05, 4.69) is 6.58 Å². The van der Waals surface area contributed by atoms with Crippen molar-refractivity contribution in [3.05, 3.63) is 12.7 Å². The van der Waals surface area contributed by atoms with Crippen LogP contribution in [0.2, 0.25) is 3.98 Å². The fraction of sp³-hybridized carbons (Fsp3) is 0.667. The summed E-state index contributed by atoms with van der Waals surface area (Å²) in [5, 5.41) is 0. The minimum absolute atomic E-state index is 0.384. The summed E-state index contributed by atoms with van der Waals surface area (Å²) in [6.45, 7) is 8.95. The molecule has 80 valence electrons. The Kier molecular flexibility index (Phi) is 9.64. The van der Waals surface area contributed by atoms with E-state index in [0.717, 1.165) is 10.1 Å². The van der Waals surface area contributed by atoms with Gasteiger partial charge in [0.1, 0.15) is 0 Å². The van der Waals surface area contributed by atoms with Crippen LogP contribution in [0.15, 0.2) is 12.7 Å². The molecule has 0 saturated heterocycles.